The first-order valence-electron chi connectivity index (χ1n) is 19.1. The predicted octanol–water partition coefficient (Wildman–Crippen LogP) is 15.5. The van der Waals surface area contributed by atoms with Crippen molar-refractivity contribution in [2.75, 3.05) is 0 Å². The lowest BCUT2D eigenvalue weighted by Gasteiger charge is -2.11. The summed E-state index contributed by atoms with van der Waals surface area (Å²) in [6, 6.07) is 47.6. The van der Waals surface area contributed by atoms with Crippen LogP contribution in [0.1, 0.15) is 22.3 Å². The molecule has 0 bridgehead atoms. The van der Waals surface area contributed by atoms with Gasteiger partial charge in [0.25, 0.3) is 0 Å². The number of para-hydroxylation sites is 2. The lowest BCUT2D eigenvalue weighted by atomic mass is 9.91. The normalized spacial score (nSPS) is 12.3. The summed E-state index contributed by atoms with van der Waals surface area (Å²) in [5.74, 6) is 0. The zero-order chi connectivity index (χ0) is 37.4. The lowest BCUT2D eigenvalue weighted by molar-refractivity contribution is 0.665. The molecule has 0 fully saturated rings. The van der Waals surface area contributed by atoms with Crippen molar-refractivity contribution in [3.8, 4) is 33.4 Å². The van der Waals surface area contributed by atoms with E-state index in [1.54, 1.807) is 0 Å². The van der Waals surface area contributed by atoms with Crippen LogP contribution in [0.15, 0.2) is 151 Å². The van der Waals surface area contributed by atoms with Crippen molar-refractivity contribution in [2.24, 2.45) is 0 Å². The van der Waals surface area contributed by atoms with E-state index in [9.17, 15) is 0 Å². The fourth-order valence-electron chi connectivity index (χ4n) is 8.97. The Balaban J connectivity index is 1.19. The van der Waals surface area contributed by atoms with Gasteiger partial charge in [0.15, 0.2) is 0 Å². The molecule has 0 radical (unpaired) electrons. The molecular formula is C52H34O4. The number of rotatable bonds is 3. The van der Waals surface area contributed by atoms with Gasteiger partial charge in [0.1, 0.15) is 44.7 Å². The Hall–Kier alpha value is -7.04. The number of hydrogen-bond donors (Lipinski definition) is 0. The summed E-state index contributed by atoms with van der Waals surface area (Å²) >= 11 is 0. The van der Waals surface area contributed by atoms with Crippen LogP contribution >= 0.6 is 0 Å². The smallest absolute Gasteiger partial charge is 0.143 e. The summed E-state index contributed by atoms with van der Waals surface area (Å²) in [4.78, 5) is 0. The molecule has 0 unspecified atom stereocenters. The lowest BCUT2D eigenvalue weighted by Crippen LogP contribution is -1.87. The average Bonchev–Trinajstić information content (AvgIpc) is 3.97. The quantitative estimate of drug-likeness (QED) is 0.182. The number of fused-ring (bicyclic) bond motifs is 12. The summed E-state index contributed by atoms with van der Waals surface area (Å²) in [6.07, 6.45) is 0. The maximum Gasteiger partial charge on any atom is 0.143 e. The molecule has 8 aromatic carbocycles. The summed E-state index contributed by atoms with van der Waals surface area (Å²) < 4.78 is 26.9. The van der Waals surface area contributed by atoms with Gasteiger partial charge in [0, 0.05) is 65.3 Å². The summed E-state index contributed by atoms with van der Waals surface area (Å²) in [7, 11) is 0. The van der Waals surface area contributed by atoms with E-state index in [1.165, 1.54) is 22.3 Å². The Morgan fingerprint density at radius 1 is 0.268 bits per heavy atom. The zero-order valence-corrected chi connectivity index (χ0v) is 31.3. The standard InChI is InChI=1S/C52H34O4/c1-27-11-15-45-37(19-27)33-7-5-9-35(49(33)53-45)41-23-31(25-43-39-21-29(3)13-17-47(39)55-51(41)43)32-24-42(52-44(26-32)40-22-30(4)14-18-48(40)56-52)36-10-6-8-34-38-20-28(2)12-16-46(38)54-50(34)36/h5-26H,1-4H3. The Bertz CT molecular complexity index is 3400. The highest BCUT2D eigenvalue weighted by Gasteiger charge is 2.23. The molecule has 12 rings (SSSR count). The van der Waals surface area contributed by atoms with E-state index < -0.39 is 0 Å². The van der Waals surface area contributed by atoms with Crippen molar-refractivity contribution in [1.29, 1.82) is 0 Å². The van der Waals surface area contributed by atoms with Crippen LogP contribution < -0.4 is 0 Å². The molecule has 266 valence electrons. The van der Waals surface area contributed by atoms with E-state index in [1.807, 2.05) is 0 Å². The first kappa shape index (κ1) is 31.3. The van der Waals surface area contributed by atoms with Crippen molar-refractivity contribution in [3.05, 3.63) is 156 Å². The van der Waals surface area contributed by atoms with Crippen LogP contribution in [0, 0.1) is 27.7 Å². The topological polar surface area (TPSA) is 52.6 Å². The molecule has 0 aliphatic rings. The third-order valence-electron chi connectivity index (χ3n) is 11.7. The fourth-order valence-corrected chi connectivity index (χ4v) is 8.97. The molecule has 0 atom stereocenters. The molecule has 0 aliphatic carbocycles. The maximum absolute atomic E-state index is 6.76. The third-order valence-corrected chi connectivity index (χ3v) is 11.7. The molecule has 4 aromatic heterocycles. The largest absolute Gasteiger partial charge is 0.455 e. The van der Waals surface area contributed by atoms with E-state index >= 15 is 0 Å². The molecule has 4 nitrogen and oxygen atoms in total. The fraction of sp³-hybridized carbons (Fsp3) is 0.0769. The van der Waals surface area contributed by atoms with Gasteiger partial charge in [-0.3, -0.25) is 0 Å². The zero-order valence-electron chi connectivity index (χ0n) is 31.3. The highest BCUT2D eigenvalue weighted by Crippen LogP contribution is 2.47. The molecule has 4 heterocycles. The highest BCUT2D eigenvalue weighted by molar-refractivity contribution is 6.19. The SMILES string of the molecule is Cc1ccc2oc3c(-c4cc(-c5cc(-c6cccc7c6oc6ccc(C)cc67)c6oc7ccc(C)cc7c6c5)cc5c4oc4ccc(C)cc45)cccc3c2c1. The van der Waals surface area contributed by atoms with Gasteiger partial charge >= 0.3 is 0 Å². The van der Waals surface area contributed by atoms with Gasteiger partial charge in [-0.2, -0.15) is 0 Å². The number of aryl methyl sites for hydroxylation is 4. The van der Waals surface area contributed by atoms with Crippen LogP contribution in [0.4, 0.5) is 0 Å². The van der Waals surface area contributed by atoms with Crippen molar-refractivity contribution in [3.63, 3.8) is 0 Å². The first-order valence-corrected chi connectivity index (χ1v) is 19.1. The van der Waals surface area contributed by atoms with Crippen LogP contribution in [-0.2, 0) is 0 Å². The van der Waals surface area contributed by atoms with E-state index in [-0.39, 0.29) is 0 Å². The molecule has 56 heavy (non-hydrogen) atoms. The minimum absolute atomic E-state index is 0.839. The minimum Gasteiger partial charge on any atom is -0.455 e. The second-order valence-electron chi connectivity index (χ2n) is 15.6. The highest BCUT2D eigenvalue weighted by atomic mass is 16.3. The number of benzene rings is 8. The van der Waals surface area contributed by atoms with Crippen molar-refractivity contribution in [1.82, 2.24) is 0 Å². The second kappa shape index (κ2) is 11.2. The van der Waals surface area contributed by atoms with E-state index in [0.29, 0.717) is 0 Å². The van der Waals surface area contributed by atoms with Gasteiger partial charge in [-0.1, -0.05) is 82.9 Å². The van der Waals surface area contributed by atoms with E-state index in [4.69, 9.17) is 17.7 Å². The second-order valence-corrected chi connectivity index (χ2v) is 15.6. The Morgan fingerprint density at radius 2 is 0.589 bits per heavy atom. The molecule has 0 aliphatic heterocycles. The van der Waals surface area contributed by atoms with E-state index in [2.05, 4.69) is 161 Å². The van der Waals surface area contributed by atoms with Crippen LogP contribution in [0.25, 0.3) is 121 Å². The average molecular weight is 723 g/mol. The Morgan fingerprint density at radius 3 is 0.946 bits per heavy atom. The van der Waals surface area contributed by atoms with Gasteiger partial charge in [0.05, 0.1) is 0 Å². The van der Waals surface area contributed by atoms with Gasteiger partial charge in [-0.05, 0) is 112 Å². The molecule has 0 saturated carbocycles. The van der Waals surface area contributed by atoms with Crippen molar-refractivity contribution in [2.45, 2.75) is 27.7 Å². The van der Waals surface area contributed by atoms with Crippen LogP contribution in [0.5, 0.6) is 0 Å². The van der Waals surface area contributed by atoms with Crippen molar-refractivity contribution < 1.29 is 17.7 Å². The maximum atomic E-state index is 6.76. The minimum atomic E-state index is 0.839. The molecule has 0 amide bonds. The summed E-state index contributed by atoms with van der Waals surface area (Å²) in [5, 5.41) is 8.69. The molecule has 12 aromatic rings. The van der Waals surface area contributed by atoms with Gasteiger partial charge < -0.3 is 17.7 Å². The predicted molar refractivity (Wildman–Crippen MR) is 231 cm³/mol. The Labute approximate surface area is 321 Å². The van der Waals surface area contributed by atoms with Gasteiger partial charge in [0.2, 0.25) is 0 Å². The summed E-state index contributed by atoms with van der Waals surface area (Å²) in [6.45, 7) is 8.51. The molecule has 0 spiro atoms. The third kappa shape index (κ3) is 4.47. The van der Waals surface area contributed by atoms with Crippen LogP contribution in [0.3, 0.4) is 0 Å². The van der Waals surface area contributed by atoms with Gasteiger partial charge in [-0.15, -0.1) is 0 Å². The van der Waals surface area contributed by atoms with E-state index in [0.717, 1.165) is 121 Å². The molecular weight excluding hydrogens is 689 g/mol. The molecule has 0 saturated heterocycles. The molecule has 0 N–H and O–H groups in total. The number of furan rings is 4. The van der Waals surface area contributed by atoms with Crippen LogP contribution in [0.2, 0.25) is 0 Å². The number of hydrogen-bond acceptors (Lipinski definition) is 4. The van der Waals surface area contributed by atoms with Crippen molar-refractivity contribution >= 4 is 87.8 Å². The Kier molecular flexibility index (Phi) is 6.29. The summed E-state index contributed by atoms with van der Waals surface area (Å²) in [5.41, 5.74) is 17.7. The van der Waals surface area contributed by atoms with Crippen LogP contribution in [-0.4, -0.2) is 0 Å². The first-order chi connectivity index (χ1) is 27.3. The van der Waals surface area contributed by atoms with Gasteiger partial charge in [-0.25, -0.2) is 0 Å². The monoisotopic (exact) mass is 722 g/mol. The molecule has 4 heteroatoms.